The van der Waals surface area contributed by atoms with Crippen LogP contribution in [0.2, 0.25) is 0 Å². The molecule has 2 aromatic heterocycles. The lowest BCUT2D eigenvalue weighted by Gasteiger charge is -2.37. The summed E-state index contributed by atoms with van der Waals surface area (Å²) in [6.07, 6.45) is -1.26. The third kappa shape index (κ3) is 6.64. The molecular formula is C27H29F5N6O2. The minimum atomic E-state index is -4.71. The highest BCUT2D eigenvalue weighted by molar-refractivity contribution is 6.06. The Hall–Kier alpha value is -3.45. The van der Waals surface area contributed by atoms with Crippen LogP contribution in [0.1, 0.15) is 53.5 Å². The molecule has 2 aliphatic heterocycles. The summed E-state index contributed by atoms with van der Waals surface area (Å²) >= 11 is 0. The highest BCUT2D eigenvalue weighted by atomic mass is 19.4. The number of carbonyl (C=O) groups is 1. The van der Waals surface area contributed by atoms with E-state index >= 15 is 0 Å². The van der Waals surface area contributed by atoms with Crippen molar-refractivity contribution in [2.45, 2.75) is 49.9 Å². The standard InChI is InChI=1S/C27H29F5N6O2/c28-26(29)8-10-38(11-9-26)22(17-13-35-25(36-14-17)27(30,31)32)16-34-24(39)20-4-1-5-21-19(20)6-7-23(37-21)33-15-18-3-2-12-40-18/h1,4-7,13-14,18,22H,2-3,8-12,15-16H2,(H,33,37)(H,34,39)/t18-,22?/m1/s1. The van der Waals surface area contributed by atoms with E-state index < -0.39 is 42.7 Å². The molecule has 3 aromatic rings. The maximum atomic E-state index is 13.8. The predicted molar refractivity (Wildman–Crippen MR) is 137 cm³/mol. The average molecular weight is 565 g/mol. The number of nitrogens with one attached hydrogen (secondary N) is 2. The zero-order valence-corrected chi connectivity index (χ0v) is 21.6. The molecule has 5 rings (SSSR count). The Morgan fingerprint density at radius 3 is 2.55 bits per heavy atom. The lowest BCUT2D eigenvalue weighted by atomic mass is 10.0. The molecule has 1 aromatic carbocycles. The smallest absolute Gasteiger partial charge is 0.376 e. The maximum absolute atomic E-state index is 13.8. The molecule has 214 valence electrons. The summed E-state index contributed by atoms with van der Waals surface area (Å²) in [6.45, 7) is 1.37. The lowest BCUT2D eigenvalue weighted by molar-refractivity contribution is -0.145. The first-order valence-electron chi connectivity index (χ1n) is 13.1. The van der Waals surface area contributed by atoms with Crippen LogP contribution in [-0.2, 0) is 10.9 Å². The predicted octanol–water partition coefficient (Wildman–Crippen LogP) is 4.84. The SMILES string of the molecule is O=C(NCC(c1cnc(C(F)(F)F)nc1)N1CCC(F)(F)CC1)c1cccc2nc(NC[C@H]3CCCO3)ccc12. The number of anilines is 1. The largest absolute Gasteiger partial charge is 0.451 e. The third-order valence-corrected chi connectivity index (χ3v) is 7.25. The number of nitrogens with zero attached hydrogens (tertiary/aromatic N) is 4. The van der Waals surface area contributed by atoms with E-state index in [4.69, 9.17) is 4.74 Å². The first-order chi connectivity index (χ1) is 19.1. The summed E-state index contributed by atoms with van der Waals surface area (Å²) in [5.74, 6) is -3.87. The summed E-state index contributed by atoms with van der Waals surface area (Å²) in [4.78, 5) is 26.4. The van der Waals surface area contributed by atoms with Crippen LogP contribution in [0.25, 0.3) is 10.9 Å². The second-order valence-corrected chi connectivity index (χ2v) is 10.0. The van der Waals surface area contributed by atoms with Crippen molar-refractivity contribution < 1.29 is 31.5 Å². The monoisotopic (exact) mass is 564 g/mol. The Labute approximate surface area is 227 Å². The number of halogens is 5. The number of amides is 1. The summed E-state index contributed by atoms with van der Waals surface area (Å²) < 4.78 is 72.2. The van der Waals surface area contributed by atoms with Gasteiger partial charge in [0.05, 0.1) is 17.7 Å². The zero-order chi connectivity index (χ0) is 28.3. The van der Waals surface area contributed by atoms with Crippen LogP contribution in [0, 0.1) is 0 Å². The second kappa shape index (κ2) is 11.6. The first kappa shape index (κ1) is 28.1. The molecule has 0 radical (unpaired) electrons. The molecule has 0 aliphatic carbocycles. The van der Waals surface area contributed by atoms with Gasteiger partial charge in [-0.05, 0) is 37.1 Å². The van der Waals surface area contributed by atoms with Gasteiger partial charge < -0.3 is 15.4 Å². The van der Waals surface area contributed by atoms with Gasteiger partial charge in [-0.2, -0.15) is 13.2 Å². The topological polar surface area (TPSA) is 92.3 Å². The molecule has 2 saturated heterocycles. The van der Waals surface area contributed by atoms with Gasteiger partial charge in [-0.25, -0.2) is 23.7 Å². The second-order valence-electron chi connectivity index (χ2n) is 10.0. The van der Waals surface area contributed by atoms with E-state index in [1.54, 1.807) is 35.2 Å². The van der Waals surface area contributed by atoms with Crippen molar-refractivity contribution in [1.29, 1.82) is 0 Å². The van der Waals surface area contributed by atoms with Gasteiger partial charge in [0.15, 0.2) is 0 Å². The molecule has 2 atom stereocenters. The van der Waals surface area contributed by atoms with Gasteiger partial charge in [0.1, 0.15) is 5.82 Å². The Kier molecular flexibility index (Phi) is 8.13. The Bertz CT molecular complexity index is 1320. The van der Waals surface area contributed by atoms with Crippen LogP contribution in [0.15, 0.2) is 42.7 Å². The van der Waals surface area contributed by atoms with E-state index in [1.165, 1.54) is 0 Å². The molecule has 1 unspecified atom stereocenters. The Morgan fingerprint density at radius 1 is 1.12 bits per heavy atom. The molecule has 8 nitrogen and oxygen atoms in total. The van der Waals surface area contributed by atoms with Crippen molar-refractivity contribution in [3.8, 4) is 0 Å². The quantitative estimate of drug-likeness (QED) is 0.379. The van der Waals surface area contributed by atoms with Crippen molar-refractivity contribution in [2.24, 2.45) is 0 Å². The number of alkyl halides is 5. The fourth-order valence-electron chi connectivity index (χ4n) is 5.04. The Balaban J connectivity index is 1.31. The molecule has 0 saturated carbocycles. The molecule has 2 aliphatic rings. The van der Waals surface area contributed by atoms with Crippen LogP contribution in [0.4, 0.5) is 27.8 Å². The van der Waals surface area contributed by atoms with E-state index in [9.17, 15) is 26.7 Å². The first-order valence-corrected chi connectivity index (χ1v) is 13.1. The summed E-state index contributed by atoms with van der Waals surface area (Å²) in [6, 6.07) is 8.04. The van der Waals surface area contributed by atoms with Gasteiger partial charge in [0.2, 0.25) is 5.82 Å². The van der Waals surface area contributed by atoms with Crippen molar-refractivity contribution in [3.63, 3.8) is 0 Å². The number of pyridine rings is 1. The highest BCUT2D eigenvalue weighted by Gasteiger charge is 2.38. The fourth-order valence-corrected chi connectivity index (χ4v) is 5.04. The summed E-state index contributed by atoms with van der Waals surface area (Å²) in [7, 11) is 0. The zero-order valence-electron chi connectivity index (χ0n) is 21.6. The van der Waals surface area contributed by atoms with E-state index in [2.05, 4.69) is 25.6 Å². The van der Waals surface area contributed by atoms with Crippen LogP contribution in [0.5, 0.6) is 0 Å². The molecule has 0 spiro atoms. The molecule has 40 heavy (non-hydrogen) atoms. The minimum absolute atomic E-state index is 0.00835. The van der Waals surface area contributed by atoms with Gasteiger partial charge >= 0.3 is 6.18 Å². The van der Waals surface area contributed by atoms with Crippen LogP contribution < -0.4 is 10.6 Å². The van der Waals surface area contributed by atoms with Crippen molar-refractivity contribution in [2.75, 3.05) is 38.1 Å². The number of rotatable bonds is 8. The maximum Gasteiger partial charge on any atom is 0.451 e. The van der Waals surface area contributed by atoms with Gasteiger partial charge in [-0.15, -0.1) is 0 Å². The number of likely N-dealkylation sites (tertiary alicyclic amines) is 1. The van der Waals surface area contributed by atoms with E-state index in [-0.39, 0.29) is 25.7 Å². The minimum Gasteiger partial charge on any atom is -0.376 e. The lowest BCUT2D eigenvalue weighted by Crippen LogP contribution is -2.45. The van der Waals surface area contributed by atoms with Gasteiger partial charge in [-0.3, -0.25) is 9.69 Å². The number of carbonyl (C=O) groups excluding carboxylic acids is 1. The highest BCUT2D eigenvalue weighted by Crippen LogP contribution is 2.33. The number of piperidine rings is 1. The molecule has 2 fully saturated rings. The molecule has 0 bridgehead atoms. The van der Waals surface area contributed by atoms with E-state index in [0.29, 0.717) is 34.4 Å². The number of fused-ring (bicyclic) bond motifs is 1. The fraction of sp³-hybridized carbons (Fsp3) is 0.481. The van der Waals surface area contributed by atoms with Crippen molar-refractivity contribution in [3.05, 3.63) is 59.7 Å². The van der Waals surface area contributed by atoms with Crippen LogP contribution in [0.3, 0.4) is 0 Å². The van der Waals surface area contributed by atoms with Crippen LogP contribution >= 0.6 is 0 Å². The molecule has 13 heteroatoms. The molecular weight excluding hydrogens is 535 g/mol. The number of aromatic nitrogens is 3. The van der Waals surface area contributed by atoms with E-state index in [1.807, 2.05) is 0 Å². The molecule has 4 heterocycles. The van der Waals surface area contributed by atoms with E-state index in [0.717, 1.165) is 31.8 Å². The Morgan fingerprint density at radius 2 is 1.88 bits per heavy atom. The van der Waals surface area contributed by atoms with Crippen molar-refractivity contribution >= 4 is 22.6 Å². The average Bonchev–Trinajstić information content (AvgIpc) is 3.46. The molecule has 2 N–H and O–H groups in total. The number of hydrogen-bond acceptors (Lipinski definition) is 7. The normalized spacial score (nSPS) is 20.4. The van der Waals surface area contributed by atoms with Crippen LogP contribution in [-0.4, -0.2) is 70.6 Å². The molecule has 1 amide bonds. The van der Waals surface area contributed by atoms with Crippen molar-refractivity contribution in [1.82, 2.24) is 25.2 Å². The summed E-state index contributed by atoms with van der Waals surface area (Å²) in [5, 5.41) is 6.71. The number of ether oxygens (including phenoxy) is 1. The number of benzene rings is 1. The van der Waals surface area contributed by atoms with Gasteiger partial charge in [-0.1, -0.05) is 6.07 Å². The summed E-state index contributed by atoms with van der Waals surface area (Å²) in [5.41, 5.74) is 1.26. The van der Waals surface area contributed by atoms with Gasteiger partial charge in [0.25, 0.3) is 11.8 Å². The number of hydrogen-bond donors (Lipinski definition) is 2. The van der Waals surface area contributed by atoms with Gasteiger partial charge in [0, 0.05) is 74.5 Å². The third-order valence-electron chi connectivity index (χ3n) is 7.25.